The second-order valence-electron chi connectivity index (χ2n) is 7.25. The van der Waals surface area contributed by atoms with Gasteiger partial charge in [0.1, 0.15) is 23.4 Å². The van der Waals surface area contributed by atoms with E-state index in [2.05, 4.69) is 10.6 Å². The highest BCUT2D eigenvalue weighted by Gasteiger charge is 2.27. The van der Waals surface area contributed by atoms with Gasteiger partial charge in [-0.15, -0.1) is 0 Å². The molecule has 3 N–H and O–H groups in total. The number of nitrogens with one attached hydrogen (secondary N) is 2. The molecule has 0 heterocycles. The van der Waals surface area contributed by atoms with Crippen molar-refractivity contribution in [1.82, 2.24) is 10.6 Å². The van der Waals surface area contributed by atoms with Crippen molar-refractivity contribution in [3.05, 3.63) is 0 Å². The number of carboxylic acids is 1. The topological polar surface area (TPSA) is 114 Å². The smallest absolute Gasteiger partial charge is 0.408 e. The average molecular weight is 350 g/mol. The molecule has 0 aromatic carbocycles. The monoisotopic (exact) mass is 350 g/mol. The van der Waals surface area contributed by atoms with E-state index in [0.717, 1.165) is 0 Å². The number of alkyl carbamates (subject to hydrolysis) is 2. The first-order valence-electron chi connectivity index (χ1n) is 7.53. The van der Waals surface area contributed by atoms with Gasteiger partial charge in [0.25, 0.3) is 0 Å². The fraction of sp³-hybridized carbons (Fsp3) is 0.800. The fourth-order valence-corrected chi connectivity index (χ4v) is 1.52. The Hall–Kier alpha value is -2.06. The summed E-state index contributed by atoms with van der Waals surface area (Å²) < 4.78 is 23.7. The number of carbonyl (C=O) groups excluding carboxylic acids is 2. The lowest BCUT2D eigenvalue weighted by molar-refractivity contribution is -0.140. The minimum Gasteiger partial charge on any atom is -0.480 e. The Balaban J connectivity index is 4.44. The molecule has 0 fully saturated rings. The number of amides is 2. The van der Waals surface area contributed by atoms with E-state index in [1.807, 2.05) is 0 Å². The highest BCUT2D eigenvalue weighted by molar-refractivity contribution is 5.80. The molecule has 0 unspecified atom stereocenters. The molecule has 0 aliphatic heterocycles. The summed E-state index contributed by atoms with van der Waals surface area (Å²) in [6, 6.07) is -1.48. The molecule has 0 aliphatic rings. The zero-order valence-corrected chi connectivity index (χ0v) is 14.9. The molecule has 0 radical (unpaired) electrons. The van der Waals surface area contributed by atoms with Crippen LogP contribution >= 0.6 is 0 Å². The summed E-state index contributed by atoms with van der Waals surface area (Å²) in [5, 5.41) is 13.3. The van der Waals surface area contributed by atoms with Gasteiger partial charge in [-0.05, 0) is 41.5 Å². The van der Waals surface area contributed by atoms with Crippen LogP contribution < -0.4 is 10.6 Å². The first kappa shape index (κ1) is 21.9. The van der Waals surface area contributed by atoms with Crippen LogP contribution in [0, 0.1) is 0 Å². The van der Waals surface area contributed by atoms with Crippen LogP contribution in [0.2, 0.25) is 0 Å². The van der Waals surface area contributed by atoms with E-state index in [1.165, 1.54) is 0 Å². The van der Waals surface area contributed by atoms with Gasteiger partial charge in [0, 0.05) is 6.42 Å². The van der Waals surface area contributed by atoms with Crippen LogP contribution in [0.4, 0.5) is 14.0 Å². The van der Waals surface area contributed by atoms with Gasteiger partial charge in [0.15, 0.2) is 0 Å². The number of hydrogen-bond donors (Lipinski definition) is 3. The van der Waals surface area contributed by atoms with Gasteiger partial charge in [-0.3, -0.25) is 0 Å². The fourth-order valence-electron chi connectivity index (χ4n) is 1.52. The quantitative estimate of drug-likeness (QED) is 0.677. The van der Waals surface area contributed by atoms with E-state index in [4.69, 9.17) is 14.6 Å². The second-order valence-corrected chi connectivity index (χ2v) is 7.25. The van der Waals surface area contributed by atoms with Gasteiger partial charge >= 0.3 is 18.2 Å². The third kappa shape index (κ3) is 11.5. The Bertz CT molecular complexity index is 456. The van der Waals surface area contributed by atoms with Crippen molar-refractivity contribution in [2.24, 2.45) is 0 Å². The summed E-state index contributed by atoms with van der Waals surface area (Å²) in [5.41, 5.74) is -1.53. The van der Waals surface area contributed by atoms with Crippen LogP contribution in [0.15, 0.2) is 0 Å². The minimum atomic E-state index is -1.69. The molecule has 24 heavy (non-hydrogen) atoms. The third-order valence-corrected chi connectivity index (χ3v) is 2.35. The standard InChI is InChI=1S/C15H27FN2O6/c1-14(2,3)23-12(21)17-8-9(16)7-10(11(19)20)18-13(22)24-15(4,5)6/h9-10H,7-8H2,1-6H3,(H,17,21)(H,18,22)(H,19,20)/t9-,10+/m1/s1. The minimum absolute atomic E-state index is 0.436. The predicted octanol–water partition coefficient (Wildman–Crippen LogP) is 2.22. The van der Waals surface area contributed by atoms with Crippen LogP contribution in [-0.2, 0) is 14.3 Å². The molecule has 8 nitrogen and oxygen atoms in total. The van der Waals surface area contributed by atoms with Gasteiger partial charge < -0.3 is 25.2 Å². The molecule has 2 amide bonds. The van der Waals surface area contributed by atoms with Crippen LogP contribution in [0.3, 0.4) is 0 Å². The van der Waals surface area contributed by atoms with Gasteiger partial charge in [-0.2, -0.15) is 0 Å². The number of carbonyl (C=O) groups is 3. The van der Waals surface area contributed by atoms with E-state index in [0.29, 0.717) is 0 Å². The van der Waals surface area contributed by atoms with Crippen LogP contribution in [-0.4, -0.2) is 53.2 Å². The third-order valence-electron chi connectivity index (χ3n) is 2.35. The van der Waals surface area contributed by atoms with E-state index in [-0.39, 0.29) is 0 Å². The highest BCUT2D eigenvalue weighted by Crippen LogP contribution is 2.09. The predicted molar refractivity (Wildman–Crippen MR) is 84.5 cm³/mol. The zero-order chi connectivity index (χ0) is 19.1. The van der Waals surface area contributed by atoms with Crippen LogP contribution in [0.1, 0.15) is 48.0 Å². The molecular weight excluding hydrogens is 323 g/mol. The maximum absolute atomic E-state index is 13.9. The highest BCUT2D eigenvalue weighted by atomic mass is 19.1. The second kappa shape index (κ2) is 8.70. The molecule has 9 heteroatoms. The molecule has 0 aromatic heterocycles. The largest absolute Gasteiger partial charge is 0.480 e. The van der Waals surface area contributed by atoms with E-state index in [9.17, 15) is 18.8 Å². The molecule has 2 atom stereocenters. The molecule has 0 spiro atoms. The Labute approximate surface area is 141 Å². The first-order chi connectivity index (χ1) is 10.7. The molecule has 140 valence electrons. The van der Waals surface area contributed by atoms with Gasteiger partial charge in [0.05, 0.1) is 6.54 Å². The van der Waals surface area contributed by atoms with Gasteiger partial charge in [-0.1, -0.05) is 0 Å². The summed E-state index contributed by atoms with van der Waals surface area (Å²) in [5.74, 6) is -1.40. The number of aliphatic carboxylic acids is 1. The van der Waals surface area contributed by atoms with Crippen molar-refractivity contribution in [2.75, 3.05) is 6.54 Å². The van der Waals surface area contributed by atoms with Crippen molar-refractivity contribution in [3.63, 3.8) is 0 Å². The number of rotatable bonds is 6. The normalized spacial score (nSPS) is 14.3. The Morgan fingerprint density at radius 3 is 1.88 bits per heavy atom. The Kier molecular flexibility index (Phi) is 7.95. The van der Waals surface area contributed by atoms with E-state index >= 15 is 0 Å². The summed E-state index contributed by atoms with van der Waals surface area (Å²) in [7, 11) is 0. The van der Waals surface area contributed by atoms with Gasteiger partial charge in [-0.25, -0.2) is 18.8 Å². The Morgan fingerprint density at radius 2 is 1.46 bits per heavy atom. The molecule has 0 aromatic rings. The zero-order valence-electron chi connectivity index (χ0n) is 14.9. The average Bonchev–Trinajstić information content (AvgIpc) is 2.31. The van der Waals surface area contributed by atoms with Crippen molar-refractivity contribution in [1.29, 1.82) is 0 Å². The van der Waals surface area contributed by atoms with E-state index < -0.39 is 54.5 Å². The molecule has 0 saturated carbocycles. The SMILES string of the molecule is CC(C)(C)OC(=O)NC[C@H](F)C[C@H](NC(=O)OC(C)(C)C)C(=O)O. The number of carboxylic acid groups (broad SMARTS) is 1. The number of alkyl halides is 1. The molecule has 0 rings (SSSR count). The van der Waals surface area contributed by atoms with Crippen molar-refractivity contribution < 1.29 is 33.4 Å². The summed E-state index contributed by atoms with van der Waals surface area (Å²) in [6.45, 7) is 9.38. The van der Waals surface area contributed by atoms with Crippen molar-refractivity contribution >= 4 is 18.2 Å². The lowest BCUT2D eigenvalue weighted by Crippen LogP contribution is -2.46. The van der Waals surface area contributed by atoms with Crippen molar-refractivity contribution in [3.8, 4) is 0 Å². The lowest BCUT2D eigenvalue weighted by Gasteiger charge is -2.23. The van der Waals surface area contributed by atoms with Crippen molar-refractivity contribution in [2.45, 2.75) is 71.4 Å². The summed E-state index contributed by atoms with van der Waals surface area (Å²) in [4.78, 5) is 34.1. The van der Waals surface area contributed by atoms with E-state index in [1.54, 1.807) is 41.5 Å². The first-order valence-corrected chi connectivity index (χ1v) is 7.53. The molecule has 0 aliphatic carbocycles. The maximum atomic E-state index is 13.9. The Morgan fingerprint density at radius 1 is 1.00 bits per heavy atom. The summed E-state index contributed by atoms with van der Waals surface area (Å²) in [6.07, 6.45) is -3.97. The molecular formula is C15H27FN2O6. The number of hydrogen-bond acceptors (Lipinski definition) is 5. The lowest BCUT2D eigenvalue weighted by atomic mass is 10.1. The molecule has 0 bridgehead atoms. The van der Waals surface area contributed by atoms with Gasteiger partial charge in [0.2, 0.25) is 0 Å². The maximum Gasteiger partial charge on any atom is 0.408 e. The van der Waals surface area contributed by atoms with Crippen LogP contribution in [0.25, 0.3) is 0 Å². The molecule has 0 saturated heterocycles. The van der Waals surface area contributed by atoms with Crippen LogP contribution in [0.5, 0.6) is 0 Å². The number of halogens is 1. The number of ether oxygens (including phenoxy) is 2. The summed E-state index contributed by atoms with van der Waals surface area (Å²) >= 11 is 0.